The van der Waals surface area contributed by atoms with Gasteiger partial charge < -0.3 is 14.7 Å². The van der Waals surface area contributed by atoms with Crippen LogP contribution in [0.3, 0.4) is 0 Å². The number of aliphatic hydroxyl groups is 1. The molecule has 0 aliphatic carbocycles. The molecule has 0 saturated carbocycles. The van der Waals surface area contributed by atoms with Crippen LogP contribution >= 0.6 is 0 Å². The number of hydrogen-bond donors (Lipinski definition) is 1. The number of carbonyl (C=O) groups excluding carboxylic acids is 1. The van der Waals surface area contributed by atoms with Gasteiger partial charge in [0.15, 0.2) is 6.29 Å². The summed E-state index contributed by atoms with van der Waals surface area (Å²) in [5.74, 6) is -0.704. The van der Waals surface area contributed by atoms with Crippen LogP contribution in [0.5, 0.6) is 0 Å². The molecule has 1 N–H and O–H groups in total. The van der Waals surface area contributed by atoms with E-state index in [2.05, 4.69) is 0 Å². The van der Waals surface area contributed by atoms with Gasteiger partial charge in [-0.3, -0.25) is 4.79 Å². The summed E-state index contributed by atoms with van der Waals surface area (Å²) in [5.41, 5.74) is -0.504. The van der Waals surface area contributed by atoms with E-state index in [4.69, 9.17) is 4.74 Å². The third kappa shape index (κ3) is 6.24. The van der Waals surface area contributed by atoms with Crippen molar-refractivity contribution in [2.75, 3.05) is 6.54 Å². The molecule has 142 valence electrons. The Morgan fingerprint density at radius 3 is 2.33 bits per heavy atom. The molecule has 1 amide bonds. The van der Waals surface area contributed by atoms with Crippen molar-refractivity contribution in [2.45, 2.75) is 84.9 Å². The van der Waals surface area contributed by atoms with Crippen molar-refractivity contribution in [2.24, 2.45) is 11.3 Å². The summed E-state index contributed by atoms with van der Waals surface area (Å²) in [4.78, 5) is 13.5. The Labute approximate surface area is 142 Å². The standard InChI is InChI=1S/C17H30F3NO3/c1-6-12-7-8-13(11(2)24-15(23)16(3,4)5)21(10-12)14(22)9-17(18,19)20/h11-13,15,23H,6-10H2,1-5H3. The zero-order valence-corrected chi connectivity index (χ0v) is 15.2. The monoisotopic (exact) mass is 353 g/mol. The first kappa shape index (κ1) is 21.2. The minimum Gasteiger partial charge on any atom is -0.367 e. The minimum atomic E-state index is -4.52. The molecule has 24 heavy (non-hydrogen) atoms. The molecule has 1 fully saturated rings. The zero-order valence-electron chi connectivity index (χ0n) is 15.2. The molecule has 0 spiro atoms. The van der Waals surface area contributed by atoms with Gasteiger partial charge in [-0.15, -0.1) is 0 Å². The van der Waals surface area contributed by atoms with Crippen LogP contribution in [0.4, 0.5) is 13.2 Å². The van der Waals surface area contributed by atoms with E-state index in [0.717, 1.165) is 12.8 Å². The summed E-state index contributed by atoms with van der Waals surface area (Å²) in [6.45, 7) is 9.43. The Bertz CT molecular complexity index is 420. The number of hydrogen-bond acceptors (Lipinski definition) is 3. The molecule has 1 saturated heterocycles. The summed E-state index contributed by atoms with van der Waals surface area (Å²) < 4.78 is 43.5. The second-order valence-electron chi connectivity index (χ2n) is 7.82. The van der Waals surface area contributed by atoms with E-state index in [1.54, 1.807) is 6.92 Å². The van der Waals surface area contributed by atoms with E-state index in [1.807, 2.05) is 27.7 Å². The van der Waals surface area contributed by atoms with E-state index in [1.165, 1.54) is 4.90 Å². The fourth-order valence-corrected chi connectivity index (χ4v) is 2.95. The number of amides is 1. The highest BCUT2D eigenvalue weighted by Crippen LogP contribution is 2.31. The van der Waals surface area contributed by atoms with E-state index in [0.29, 0.717) is 13.0 Å². The fourth-order valence-electron chi connectivity index (χ4n) is 2.95. The largest absolute Gasteiger partial charge is 0.397 e. The van der Waals surface area contributed by atoms with Crippen molar-refractivity contribution in [3.05, 3.63) is 0 Å². The van der Waals surface area contributed by atoms with Crippen LogP contribution in [-0.2, 0) is 9.53 Å². The van der Waals surface area contributed by atoms with Crippen molar-refractivity contribution in [1.29, 1.82) is 0 Å². The first-order valence-electron chi connectivity index (χ1n) is 8.55. The van der Waals surface area contributed by atoms with Crippen molar-refractivity contribution in [1.82, 2.24) is 4.90 Å². The van der Waals surface area contributed by atoms with Gasteiger partial charge in [0.2, 0.25) is 5.91 Å². The van der Waals surface area contributed by atoms with Crippen LogP contribution in [0.15, 0.2) is 0 Å². The number of ether oxygens (including phenoxy) is 1. The van der Waals surface area contributed by atoms with Crippen LogP contribution in [0, 0.1) is 11.3 Å². The number of halogens is 3. The first-order chi connectivity index (χ1) is 10.8. The van der Waals surface area contributed by atoms with Gasteiger partial charge in [-0.05, 0) is 25.7 Å². The summed E-state index contributed by atoms with van der Waals surface area (Å²) in [5, 5.41) is 10.1. The van der Waals surface area contributed by atoms with Crippen LogP contribution < -0.4 is 0 Å². The number of likely N-dealkylation sites (tertiary alicyclic amines) is 1. The second-order valence-corrected chi connectivity index (χ2v) is 7.82. The topological polar surface area (TPSA) is 49.8 Å². The average Bonchev–Trinajstić information content (AvgIpc) is 2.43. The normalized spacial score (nSPS) is 25.5. The number of alkyl halides is 3. The molecule has 0 bridgehead atoms. The van der Waals surface area contributed by atoms with Gasteiger partial charge in [-0.1, -0.05) is 34.1 Å². The summed E-state index contributed by atoms with van der Waals surface area (Å²) in [6, 6.07) is -0.445. The van der Waals surface area contributed by atoms with E-state index < -0.39 is 42.4 Å². The molecule has 1 aliphatic rings. The molecular formula is C17H30F3NO3. The molecule has 1 heterocycles. The summed E-state index contributed by atoms with van der Waals surface area (Å²) in [7, 11) is 0. The fraction of sp³-hybridized carbons (Fsp3) is 0.941. The molecule has 0 radical (unpaired) electrons. The van der Waals surface area contributed by atoms with E-state index >= 15 is 0 Å². The lowest BCUT2D eigenvalue weighted by atomic mass is 9.88. The number of carbonyl (C=O) groups is 1. The van der Waals surface area contributed by atoms with Gasteiger partial charge in [-0.25, -0.2) is 0 Å². The predicted molar refractivity (Wildman–Crippen MR) is 85.2 cm³/mol. The number of rotatable bonds is 5. The van der Waals surface area contributed by atoms with Crippen molar-refractivity contribution in [3.8, 4) is 0 Å². The van der Waals surface area contributed by atoms with Crippen molar-refractivity contribution >= 4 is 5.91 Å². The maximum atomic E-state index is 12.6. The molecule has 1 rings (SSSR count). The highest BCUT2D eigenvalue weighted by molar-refractivity contribution is 5.77. The molecule has 1 aliphatic heterocycles. The Kier molecular flexibility index (Phi) is 7.11. The average molecular weight is 353 g/mol. The quantitative estimate of drug-likeness (QED) is 0.766. The first-order valence-corrected chi connectivity index (χ1v) is 8.55. The van der Waals surface area contributed by atoms with E-state index in [9.17, 15) is 23.1 Å². The minimum absolute atomic E-state index is 0.207. The predicted octanol–water partition coefficient (Wildman–Crippen LogP) is 3.73. The van der Waals surface area contributed by atoms with Gasteiger partial charge in [-0.2, -0.15) is 13.2 Å². The molecule has 4 unspecified atom stereocenters. The smallest absolute Gasteiger partial charge is 0.367 e. The summed E-state index contributed by atoms with van der Waals surface area (Å²) >= 11 is 0. The van der Waals surface area contributed by atoms with Crippen molar-refractivity contribution < 1.29 is 27.8 Å². The Balaban J connectivity index is 2.86. The van der Waals surface area contributed by atoms with Crippen LogP contribution in [-0.4, -0.2) is 47.1 Å². The molecule has 0 aromatic carbocycles. The third-order valence-corrected chi connectivity index (χ3v) is 4.60. The second kappa shape index (κ2) is 8.04. The third-order valence-electron chi connectivity index (χ3n) is 4.60. The highest BCUT2D eigenvalue weighted by atomic mass is 19.4. The number of nitrogens with zero attached hydrogens (tertiary/aromatic N) is 1. The Hall–Kier alpha value is -0.820. The van der Waals surface area contributed by atoms with Crippen LogP contribution in [0.2, 0.25) is 0 Å². The van der Waals surface area contributed by atoms with Gasteiger partial charge in [0.05, 0.1) is 12.1 Å². The molecule has 0 aromatic rings. The van der Waals surface area contributed by atoms with Gasteiger partial charge in [0.1, 0.15) is 6.42 Å². The lowest BCUT2D eigenvalue weighted by Crippen LogP contribution is -2.53. The molecule has 0 aromatic heterocycles. The SMILES string of the molecule is CCC1CCC(C(C)OC(O)C(C)(C)C)N(C(=O)CC(F)(F)F)C1. The van der Waals surface area contributed by atoms with Crippen LogP contribution in [0.1, 0.15) is 60.3 Å². The van der Waals surface area contributed by atoms with Gasteiger partial charge >= 0.3 is 6.18 Å². The zero-order chi connectivity index (χ0) is 18.7. The Morgan fingerprint density at radius 2 is 1.88 bits per heavy atom. The number of piperidine rings is 1. The maximum Gasteiger partial charge on any atom is 0.397 e. The highest BCUT2D eigenvalue weighted by Gasteiger charge is 2.40. The molecule has 4 nitrogen and oxygen atoms in total. The van der Waals surface area contributed by atoms with Crippen LogP contribution in [0.25, 0.3) is 0 Å². The molecular weight excluding hydrogens is 323 g/mol. The molecule has 4 atom stereocenters. The number of aliphatic hydroxyl groups excluding tert-OH is 1. The lowest BCUT2D eigenvalue weighted by molar-refractivity contribution is -0.203. The van der Waals surface area contributed by atoms with Gasteiger partial charge in [0.25, 0.3) is 0 Å². The van der Waals surface area contributed by atoms with E-state index in [-0.39, 0.29) is 5.92 Å². The Morgan fingerprint density at radius 1 is 1.29 bits per heavy atom. The molecule has 7 heteroatoms. The van der Waals surface area contributed by atoms with Gasteiger partial charge in [0, 0.05) is 12.0 Å². The summed E-state index contributed by atoms with van der Waals surface area (Å²) in [6.07, 6.45) is -5.30. The maximum absolute atomic E-state index is 12.6. The van der Waals surface area contributed by atoms with Crippen molar-refractivity contribution in [3.63, 3.8) is 0 Å². The lowest BCUT2D eigenvalue weighted by Gasteiger charge is -2.43.